The molecule has 31 heavy (non-hydrogen) atoms. The lowest BCUT2D eigenvalue weighted by Crippen LogP contribution is -2.23. The zero-order chi connectivity index (χ0) is 21.4. The van der Waals surface area contributed by atoms with E-state index in [2.05, 4.69) is 39.4 Å². The minimum absolute atomic E-state index is 0.280. The second-order valence-electron chi connectivity index (χ2n) is 8.44. The highest BCUT2D eigenvalue weighted by Gasteiger charge is 2.32. The third-order valence-electron chi connectivity index (χ3n) is 6.14. The average Bonchev–Trinajstić information content (AvgIpc) is 3.48. The van der Waals surface area contributed by atoms with Crippen molar-refractivity contribution in [3.63, 3.8) is 0 Å². The van der Waals surface area contributed by atoms with Gasteiger partial charge in [-0.05, 0) is 67.5 Å². The first-order valence-corrected chi connectivity index (χ1v) is 10.6. The Labute approximate surface area is 179 Å². The van der Waals surface area contributed by atoms with Crippen LogP contribution in [0.3, 0.4) is 0 Å². The number of halogens is 2. The number of nitrogens with zero attached hydrogens (tertiary/aromatic N) is 4. The maximum absolute atomic E-state index is 13.5. The van der Waals surface area contributed by atoms with Crippen molar-refractivity contribution in [3.8, 4) is 5.69 Å². The van der Waals surface area contributed by atoms with Gasteiger partial charge < -0.3 is 15.0 Å². The molecular weight excluding hydrogens is 400 g/mol. The summed E-state index contributed by atoms with van der Waals surface area (Å²) < 4.78 is 33.9. The molecule has 0 aliphatic carbocycles. The Morgan fingerprint density at radius 3 is 2.61 bits per heavy atom. The SMILES string of the molecule is Cc1cc(Nc2ncn(-c3cc(F)cc(F)c3)n2)cc(N2CCC(C3CCOC3)C2)c1. The van der Waals surface area contributed by atoms with E-state index in [1.807, 2.05) is 6.07 Å². The predicted octanol–water partition coefficient (Wildman–Crippen LogP) is 4.46. The fourth-order valence-electron chi connectivity index (χ4n) is 4.59. The van der Waals surface area contributed by atoms with Gasteiger partial charge in [0.25, 0.3) is 0 Å². The Hall–Kier alpha value is -3.00. The molecule has 162 valence electrons. The molecule has 2 fully saturated rings. The van der Waals surface area contributed by atoms with Crippen LogP contribution in [-0.4, -0.2) is 41.1 Å². The predicted molar refractivity (Wildman–Crippen MR) is 115 cm³/mol. The molecule has 0 saturated carbocycles. The minimum atomic E-state index is -0.656. The molecule has 3 aromatic rings. The standard InChI is InChI=1S/C23H25F2N5O/c1-15-6-20(11-21(7-15)29-4-2-16(12-29)17-3-5-31-13-17)27-23-26-14-30(28-23)22-9-18(24)8-19(25)10-22/h6-11,14,16-17H,2-5,12-13H2,1H3,(H,27,28). The van der Waals surface area contributed by atoms with Crippen molar-refractivity contribution < 1.29 is 13.5 Å². The number of hydrogen-bond acceptors (Lipinski definition) is 5. The zero-order valence-electron chi connectivity index (χ0n) is 17.4. The monoisotopic (exact) mass is 425 g/mol. The summed E-state index contributed by atoms with van der Waals surface area (Å²) in [4.78, 5) is 6.67. The highest BCUT2D eigenvalue weighted by atomic mass is 19.1. The van der Waals surface area contributed by atoms with E-state index >= 15 is 0 Å². The second-order valence-corrected chi connectivity index (χ2v) is 8.44. The van der Waals surface area contributed by atoms with E-state index in [0.29, 0.717) is 17.8 Å². The molecule has 0 bridgehead atoms. The molecule has 1 N–H and O–H groups in total. The number of ether oxygens (including phenoxy) is 1. The van der Waals surface area contributed by atoms with Crippen LogP contribution in [0.2, 0.25) is 0 Å². The molecule has 8 heteroatoms. The van der Waals surface area contributed by atoms with Crippen LogP contribution in [0.15, 0.2) is 42.7 Å². The van der Waals surface area contributed by atoms with E-state index in [1.54, 1.807) is 0 Å². The maximum atomic E-state index is 13.5. The lowest BCUT2D eigenvalue weighted by Gasteiger charge is -2.22. The summed E-state index contributed by atoms with van der Waals surface area (Å²) in [5.41, 5.74) is 3.47. The summed E-state index contributed by atoms with van der Waals surface area (Å²) in [5.74, 6) is 0.410. The Balaban J connectivity index is 1.31. The summed E-state index contributed by atoms with van der Waals surface area (Å²) in [6.07, 6.45) is 3.80. The normalized spacial score (nSPS) is 21.1. The van der Waals surface area contributed by atoms with Crippen molar-refractivity contribution in [2.45, 2.75) is 19.8 Å². The summed E-state index contributed by atoms with van der Waals surface area (Å²) >= 11 is 0. The number of aromatic nitrogens is 3. The van der Waals surface area contributed by atoms with E-state index in [4.69, 9.17) is 4.74 Å². The third-order valence-corrected chi connectivity index (χ3v) is 6.14. The number of hydrogen-bond donors (Lipinski definition) is 1. The molecule has 0 amide bonds. The van der Waals surface area contributed by atoms with E-state index in [-0.39, 0.29) is 5.69 Å². The van der Waals surface area contributed by atoms with Crippen molar-refractivity contribution in [2.75, 3.05) is 36.5 Å². The van der Waals surface area contributed by atoms with Crippen LogP contribution in [0.4, 0.5) is 26.1 Å². The fourth-order valence-corrected chi connectivity index (χ4v) is 4.59. The highest BCUT2D eigenvalue weighted by molar-refractivity contribution is 5.64. The van der Waals surface area contributed by atoms with E-state index in [1.165, 1.54) is 41.7 Å². The molecule has 0 spiro atoms. The van der Waals surface area contributed by atoms with Crippen molar-refractivity contribution in [2.24, 2.45) is 11.8 Å². The van der Waals surface area contributed by atoms with Crippen molar-refractivity contribution in [1.29, 1.82) is 0 Å². The first kappa shape index (κ1) is 19.9. The van der Waals surface area contributed by atoms with Crippen LogP contribution in [-0.2, 0) is 4.74 Å². The molecule has 2 unspecified atom stereocenters. The summed E-state index contributed by atoms with van der Waals surface area (Å²) in [7, 11) is 0. The van der Waals surface area contributed by atoms with Crippen LogP contribution in [0.5, 0.6) is 0 Å². The average molecular weight is 425 g/mol. The van der Waals surface area contributed by atoms with Crippen LogP contribution in [0, 0.1) is 30.4 Å². The number of anilines is 3. The number of benzene rings is 2. The minimum Gasteiger partial charge on any atom is -0.381 e. The van der Waals surface area contributed by atoms with Crippen LogP contribution < -0.4 is 10.2 Å². The van der Waals surface area contributed by atoms with Crippen molar-refractivity contribution in [3.05, 3.63) is 59.9 Å². The van der Waals surface area contributed by atoms with E-state index in [0.717, 1.165) is 43.6 Å². The Morgan fingerprint density at radius 2 is 1.84 bits per heavy atom. The molecule has 2 atom stereocenters. The third kappa shape index (κ3) is 4.39. The van der Waals surface area contributed by atoms with Crippen LogP contribution in [0.25, 0.3) is 5.69 Å². The van der Waals surface area contributed by atoms with Gasteiger partial charge >= 0.3 is 0 Å². The van der Waals surface area contributed by atoms with Gasteiger partial charge in [0, 0.05) is 43.7 Å². The molecule has 5 rings (SSSR count). The van der Waals surface area contributed by atoms with Gasteiger partial charge in [-0.25, -0.2) is 13.5 Å². The molecule has 1 aromatic heterocycles. The number of rotatable bonds is 5. The first-order valence-electron chi connectivity index (χ1n) is 10.6. The molecule has 3 heterocycles. The Bertz CT molecular complexity index is 1060. The van der Waals surface area contributed by atoms with Crippen LogP contribution >= 0.6 is 0 Å². The fraction of sp³-hybridized carbons (Fsp3) is 0.391. The van der Waals surface area contributed by atoms with Crippen molar-refractivity contribution in [1.82, 2.24) is 14.8 Å². The quantitative estimate of drug-likeness (QED) is 0.654. The lowest BCUT2D eigenvalue weighted by atomic mass is 9.91. The van der Waals surface area contributed by atoms with Crippen molar-refractivity contribution >= 4 is 17.3 Å². The molecule has 6 nitrogen and oxygen atoms in total. The Kier molecular flexibility index (Phi) is 5.31. The Morgan fingerprint density at radius 1 is 1.00 bits per heavy atom. The van der Waals surface area contributed by atoms with E-state index < -0.39 is 11.6 Å². The number of nitrogens with one attached hydrogen (secondary N) is 1. The lowest BCUT2D eigenvalue weighted by molar-refractivity contribution is 0.174. The molecule has 2 saturated heterocycles. The van der Waals surface area contributed by atoms with Gasteiger partial charge in [0.1, 0.15) is 18.0 Å². The summed E-state index contributed by atoms with van der Waals surface area (Å²) in [6, 6.07) is 9.58. The maximum Gasteiger partial charge on any atom is 0.246 e. The van der Waals surface area contributed by atoms with Gasteiger partial charge in [-0.3, -0.25) is 0 Å². The smallest absolute Gasteiger partial charge is 0.246 e. The molecular formula is C23H25F2N5O. The van der Waals surface area contributed by atoms with Gasteiger partial charge in [0.15, 0.2) is 0 Å². The molecule has 0 radical (unpaired) electrons. The van der Waals surface area contributed by atoms with Gasteiger partial charge in [-0.2, -0.15) is 4.98 Å². The molecule has 2 aliphatic heterocycles. The first-order chi connectivity index (χ1) is 15.0. The molecule has 2 aromatic carbocycles. The van der Waals surface area contributed by atoms with Gasteiger partial charge in [-0.1, -0.05) is 0 Å². The van der Waals surface area contributed by atoms with E-state index in [9.17, 15) is 8.78 Å². The van der Waals surface area contributed by atoms with Crippen LogP contribution in [0.1, 0.15) is 18.4 Å². The second kappa shape index (κ2) is 8.26. The zero-order valence-corrected chi connectivity index (χ0v) is 17.4. The summed E-state index contributed by atoms with van der Waals surface area (Å²) in [5, 5.41) is 7.53. The number of aryl methyl sites for hydroxylation is 1. The van der Waals surface area contributed by atoms with Gasteiger partial charge in [0.05, 0.1) is 5.69 Å². The largest absolute Gasteiger partial charge is 0.381 e. The molecule has 2 aliphatic rings. The highest BCUT2D eigenvalue weighted by Crippen LogP contribution is 2.34. The topological polar surface area (TPSA) is 55.2 Å². The summed E-state index contributed by atoms with van der Waals surface area (Å²) in [6.45, 7) is 5.94. The van der Waals surface area contributed by atoms with Gasteiger partial charge in [0.2, 0.25) is 5.95 Å². The van der Waals surface area contributed by atoms with Gasteiger partial charge in [-0.15, -0.1) is 5.10 Å².